The van der Waals surface area contributed by atoms with Gasteiger partial charge in [0.05, 0.1) is 11.6 Å². The molecular weight excluding hydrogens is 525 g/mol. The van der Waals surface area contributed by atoms with Gasteiger partial charge in [0.2, 0.25) is 0 Å². The van der Waals surface area contributed by atoms with E-state index in [1.807, 2.05) is 35.6 Å². The van der Waals surface area contributed by atoms with E-state index in [0.717, 1.165) is 16.4 Å². The van der Waals surface area contributed by atoms with Gasteiger partial charge in [-0.15, -0.1) is 0 Å². The Morgan fingerprint density at radius 1 is 1.19 bits per heavy atom. The van der Waals surface area contributed by atoms with Gasteiger partial charge in [0.15, 0.2) is 0 Å². The third kappa shape index (κ3) is 7.53. The predicted octanol–water partition coefficient (Wildman–Crippen LogP) is 3.84. The number of hydrogen-bond acceptors (Lipinski definition) is 5. The number of hydrogen-bond donors (Lipinski definition) is 2. The van der Waals surface area contributed by atoms with Crippen molar-refractivity contribution >= 4 is 40.6 Å². The number of nitrogens with zero attached hydrogens (tertiary/aromatic N) is 2. The Kier molecular flexibility index (Phi) is 9.94. The average Bonchev–Trinajstić information content (AvgIpc) is 2.77. The van der Waals surface area contributed by atoms with Crippen LogP contribution in [0.1, 0.15) is 35.7 Å². The molecule has 8 nitrogen and oxygen atoms in total. The molecule has 0 fully saturated rings. The van der Waals surface area contributed by atoms with Gasteiger partial charge >= 0.3 is 12.1 Å². The Balaban J connectivity index is 2.02. The van der Waals surface area contributed by atoms with Crippen LogP contribution in [0.25, 0.3) is 0 Å². The number of halogens is 1. The van der Waals surface area contributed by atoms with E-state index >= 15 is 0 Å². The Morgan fingerprint density at radius 2 is 1.88 bits per heavy atom. The first kappa shape index (κ1) is 25.1. The van der Waals surface area contributed by atoms with Gasteiger partial charge in [-0.05, 0) is 58.8 Å². The number of rotatable bonds is 10. The van der Waals surface area contributed by atoms with Crippen molar-refractivity contribution in [2.45, 2.75) is 32.2 Å². The third-order valence-corrected chi connectivity index (χ3v) is 5.53. The topological polar surface area (TPSA) is 120 Å². The minimum atomic E-state index is -1.15. The lowest BCUT2D eigenvalue weighted by molar-refractivity contribution is -0.139. The lowest BCUT2D eigenvalue weighted by Gasteiger charge is -2.19. The maximum atomic E-state index is 12.5. The number of nitriles is 1. The molecule has 0 saturated carbocycles. The van der Waals surface area contributed by atoms with Crippen LogP contribution < -0.4 is 10.1 Å². The van der Waals surface area contributed by atoms with Gasteiger partial charge in [-0.2, -0.15) is 5.26 Å². The smallest absolute Gasteiger partial charge is 0.416 e. The molecule has 2 amide bonds. The number of nitrogens with one attached hydrogen (secondary N) is 1. The molecule has 0 bridgehead atoms. The Labute approximate surface area is 200 Å². The molecule has 0 heterocycles. The van der Waals surface area contributed by atoms with Gasteiger partial charge in [0.25, 0.3) is 5.91 Å². The molecule has 168 valence electrons. The van der Waals surface area contributed by atoms with Gasteiger partial charge in [0, 0.05) is 16.5 Å². The number of ether oxygens (including phenoxy) is 1. The molecule has 0 aromatic heterocycles. The number of amides is 2. The largest absolute Gasteiger partial charge is 0.480 e. The maximum Gasteiger partial charge on any atom is 0.416 e. The van der Waals surface area contributed by atoms with Crippen molar-refractivity contribution in [3.05, 3.63) is 63.2 Å². The van der Waals surface area contributed by atoms with Crippen LogP contribution in [0.5, 0.6) is 5.75 Å². The van der Waals surface area contributed by atoms with E-state index in [0.29, 0.717) is 17.7 Å². The molecule has 2 rings (SSSR count). The summed E-state index contributed by atoms with van der Waals surface area (Å²) in [6.45, 7) is 2.36. The van der Waals surface area contributed by atoms with Crippen molar-refractivity contribution in [3.8, 4) is 11.8 Å². The van der Waals surface area contributed by atoms with E-state index in [2.05, 4.69) is 5.32 Å². The molecule has 2 N–H and O–H groups in total. The molecule has 0 spiro atoms. The van der Waals surface area contributed by atoms with Gasteiger partial charge in [-0.1, -0.05) is 37.6 Å². The summed E-state index contributed by atoms with van der Waals surface area (Å²) >= 11 is 2.02. The second-order valence-electron chi connectivity index (χ2n) is 6.99. The van der Waals surface area contributed by atoms with Gasteiger partial charge in [-0.25, -0.2) is 9.59 Å². The lowest BCUT2D eigenvalue weighted by atomic mass is 10.1. The van der Waals surface area contributed by atoms with Crippen molar-refractivity contribution in [1.29, 1.82) is 5.26 Å². The Bertz CT molecular complexity index is 988. The summed E-state index contributed by atoms with van der Waals surface area (Å²) in [5, 5.41) is 21.0. The minimum Gasteiger partial charge on any atom is -0.480 e. The highest BCUT2D eigenvalue weighted by atomic mass is 127. The molecule has 2 aromatic carbocycles. The molecule has 0 aliphatic heterocycles. The van der Waals surface area contributed by atoms with Crippen LogP contribution in [-0.2, 0) is 11.2 Å². The average molecular weight is 549 g/mol. The number of aliphatic carboxylic acids is 1. The van der Waals surface area contributed by atoms with Crippen LogP contribution in [0.2, 0.25) is 0 Å². The normalized spacial score (nSPS) is 11.2. The van der Waals surface area contributed by atoms with E-state index in [9.17, 15) is 19.5 Å². The fourth-order valence-electron chi connectivity index (χ4n) is 2.85. The zero-order chi connectivity index (χ0) is 23.5. The fraction of sp³-hybridized carbons (Fsp3) is 0.304. The van der Waals surface area contributed by atoms with E-state index < -0.39 is 24.0 Å². The van der Waals surface area contributed by atoms with Crippen LogP contribution in [0.4, 0.5) is 4.79 Å². The molecule has 0 saturated heterocycles. The molecule has 0 unspecified atom stereocenters. The summed E-state index contributed by atoms with van der Waals surface area (Å²) in [5.74, 6) is -1.33. The summed E-state index contributed by atoms with van der Waals surface area (Å²) in [6, 6.07) is 14.1. The molecule has 2 aromatic rings. The number of carboxylic acid groups (broad SMARTS) is 1. The maximum absolute atomic E-state index is 12.5. The van der Waals surface area contributed by atoms with Gasteiger partial charge in [0.1, 0.15) is 18.3 Å². The zero-order valence-electron chi connectivity index (χ0n) is 17.6. The molecule has 32 heavy (non-hydrogen) atoms. The number of carbonyl (C=O) groups is 3. The number of carbonyl (C=O) groups excluding carboxylic acids is 2. The Hall–Kier alpha value is -3.13. The molecule has 1 atom stereocenters. The van der Waals surface area contributed by atoms with Gasteiger partial charge < -0.3 is 15.2 Å². The quantitative estimate of drug-likeness (QED) is 0.344. The lowest BCUT2D eigenvalue weighted by Crippen LogP contribution is -2.42. The van der Waals surface area contributed by atoms with Crippen LogP contribution in [0.15, 0.2) is 48.5 Å². The summed E-state index contributed by atoms with van der Waals surface area (Å²) in [6.07, 6.45) is 1.10. The fourth-order valence-corrected chi connectivity index (χ4v) is 3.48. The second kappa shape index (κ2) is 12.7. The number of carboxylic acids is 1. The van der Waals surface area contributed by atoms with E-state index in [4.69, 9.17) is 10.00 Å². The first-order chi connectivity index (χ1) is 15.3. The van der Waals surface area contributed by atoms with Crippen LogP contribution in [-0.4, -0.2) is 47.1 Å². The zero-order valence-corrected chi connectivity index (χ0v) is 19.7. The molecule has 0 aliphatic rings. The van der Waals surface area contributed by atoms with Crippen molar-refractivity contribution in [1.82, 2.24) is 10.2 Å². The van der Waals surface area contributed by atoms with Crippen molar-refractivity contribution in [3.63, 3.8) is 0 Å². The summed E-state index contributed by atoms with van der Waals surface area (Å²) in [7, 11) is 0. The number of unbranched alkanes of at least 4 members (excludes halogenated alkanes) is 1. The van der Waals surface area contributed by atoms with Gasteiger partial charge in [-0.3, -0.25) is 9.69 Å². The molecule has 0 radical (unpaired) electrons. The van der Waals surface area contributed by atoms with Crippen LogP contribution in [0, 0.1) is 14.9 Å². The minimum absolute atomic E-state index is 0.0583. The third-order valence-electron chi connectivity index (χ3n) is 4.59. The second-order valence-corrected chi connectivity index (χ2v) is 8.16. The first-order valence-corrected chi connectivity index (χ1v) is 11.1. The summed E-state index contributed by atoms with van der Waals surface area (Å²) in [4.78, 5) is 37.7. The standard InChI is InChI=1S/C23H24IN3O5/c1-2-3-13-27(14-12-25)23(31)32-17-10-8-16(9-11-17)15-20(22(29)30)26-21(28)18-6-4-5-7-19(18)24/h4-11,20H,2-3,13-15H2,1H3,(H,26,28)(H,29,30)/t20-/m0/s1. The van der Waals surface area contributed by atoms with Crippen molar-refractivity contribution < 1.29 is 24.2 Å². The SMILES string of the molecule is CCCCN(CC#N)C(=O)Oc1ccc(C[C@H](NC(=O)c2ccccc2I)C(=O)O)cc1. The van der Waals surface area contributed by atoms with Crippen LogP contribution >= 0.6 is 22.6 Å². The van der Waals surface area contributed by atoms with Crippen molar-refractivity contribution in [2.75, 3.05) is 13.1 Å². The van der Waals surface area contributed by atoms with Crippen molar-refractivity contribution in [2.24, 2.45) is 0 Å². The number of benzene rings is 2. The van der Waals surface area contributed by atoms with E-state index in [-0.39, 0.29) is 18.7 Å². The Morgan fingerprint density at radius 3 is 2.47 bits per heavy atom. The van der Waals surface area contributed by atoms with Crippen LogP contribution in [0.3, 0.4) is 0 Å². The highest BCUT2D eigenvalue weighted by molar-refractivity contribution is 14.1. The predicted molar refractivity (Wildman–Crippen MR) is 126 cm³/mol. The van der Waals surface area contributed by atoms with E-state index in [1.54, 1.807) is 48.5 Å². The first-order valence-electron chi connectivity index (χ1n) is 10.1. The summed E-state index contributed by atoms with van der Waals surface area (Å²) < 4.78 is 6.04. The molecule has 9 heteroatoms. The monoisotopic (exact) mass is 549 g/mol. The summed E-state index contributed by atoms with van der Waals surface area (Å²) in [5.41, 5.74) is 1.06. The highest BCUT2D eigenvalue weighted by Gasteiger charge is 2.22. The van der Waals surface area contributed by atoms with E-state index in [1.165, 1.54) is 4.90 Å². The molecular formula is C23H24IN3O5. The molecule has 0 aliphatic carbocycles. The highest BCUT2D eigenvalue weighted by Crippen LogP contribution is 2.16.